The van der Waals surface area contributed by atoms with Crippen molar-refractivity contribution >= 4 is 11.7 Å². The van der Waals surface area contributed by atoms with E-state index in [1.54, 1.807) is 14.0 Å². The molecule has 0 aliphatic heterocycles. The second kappa shape index (κ2) is 7.58. The number of amides is 1. The fourth-order valence-corrected chi connectivity index (χ4v) is 3.46. The Hall–Kier alpha value is -3.35. The molecule has 1 aromatic heterocycles. The lowest BCUT2D eigenvalue weighted by Gasteiger charge is -2.20. The van der Waals surface area contributed by atoms with E-state index in [1.165, 1.54) is 6.07 Å². The van der Waals surface area contributed by atoms with Crippen LogP contribution >= 0.6 is 0 Å². The molecular formula is C22H19F2N3O2. The van der Waals surface area contributed by atoms with Crippen LogP contribution in [0.1, 0.15) is 22.5 Å². The lowest BCUT2D eigenvalue weighted by molar-refractivity contribution is -0.115. The van der Waals surface area contributed by atoms with Gasteiger partial charge in [-0.1, -0.05) is 6.07 Å². The molecule has 148 valence electrons. The number of aryl methyl sites for hydroxylation is 3. The fourth-order valence-electron chi connectivity index (χ4n) is 3.46. The van der Waals surface area contributed by atoms with Crippen molar-refractivity contribution in [1.82, 2.24) is 9.97 Å². The molecule has 3 aromatic rings. The smallest absolute Gasteiger partial charge is 0.229 e. The van der Waals surface area contributed by atoms with E-state index in [2.05, 4.69) is 15.3 Å². The summed E-state index contributed by atoms with van der Waals surface area (Å²) in [6, 6.07) is 9.28. The minimum absolute atomic E-state index is 0.0853. The first-order valence-corrected chi connectivity index (χ1v) is 9.23. The average molecular weight is 395 g/mol. The van der Waals surface area contributed by atoms with Crippen LogP contribution in [0.2, 0.25) is 0 Å². The summed E-state index contributed by atoms with van der Waals surface area (Å²) in [5.41, 5.74) is 4.77. The number of benzene rings is 2. The number of halogens is 2. The maximum Gasteiger partial charge on any atom is 0.229 e. The Balaban J connectivity index is 1.57. The number of anilines is 1. The molecule has 0 atom stereocenters. The molecule has 0 saturated heterocycles. The van der Waals surface area contributed by atoms with Gasteiger partial charge in [-0.25, -0.2) is 18.7 Å². The van der Waals surface area contributed by atoms with E-state index in [4.69, 9.17) is 4.74 Å². The Morgan fingerprint density at radius 1 is 1.10 bits per heavy atom. The molecule has 1 heterocycles. The molecule has 5 nitrogen and oxygen atoms in total. The van der Waals surface area contributed by atoms with Crippen molar-refractivity contribution < 1.29 is 18.3 Å². The van der Waals surface area contributed by atoms with E-state index in [9.17, 15) is 13.6 Å². The van der Waals surface area contributed by atoms with E-state index >= 15 is 0 Å². The largest absolute Gasteiger partial charge is 0.497 e. The van der Waals surface area contributed by atoms with Crippen LogP contribution in [-0.2, 0) is 24.1 Å². The van der Waals surface area contributed by atoms with Gasteiger partial charge < -0.3 is 10.1 Å². The van der Waals surface area contributed by atoms with Crippen LogP contribution < -0.4 is 10.1 Å². The minimum atomic E-state index is -0.977. The second-order valence-corrected chi connectivity index (χ2v) is 6.95. The number of aromatic nitrogens is 2. The summed E-state index contributed by atoms with van der Waals surface area (Å²) in [7, 11) is 1.64. The molecule has 0 unspecified atom stereocenters. The van der Waals surface area contributed by atoms with E-state index in [1.807, 2.05) is 18.2 Å². The van der Waals surface area contributed by atoms with Crippen molar-refractivity contribution in [3.05, 3.63) is 70.5 Å². The van der Waals surface area contributed by atoms with E-state index in [0.29, 0.717) is 23.5 Å². The normalized spacial score (nSPS) is 12.1. The van der Waals surface area contributed by atoms with Gasteiger partial charge in [0.05, 0.1) is 30.6 Å². The molecule has 4 rings (SSSR count). The molecule has 0 fully saturated rings. The van der Waals surface area contributed by atoms with Gasteiger partial charge in [0.15, 0.2) is 17.5 Å². The lowest BCUT2D eigenvalue weighted by atomic mass is 9.91. The molecule has 29 heavy (non-hydrogen) atoms. The number of fused-ring (bicyclic) bond motifs is 3. The predicted molar refractivity (Wildman–Crippen MR) is 105 cm³/mol. The summed E-state index contributed by atoms with van der Waals surface area (Å²) in [6.07, 6.45) is 1.42. The number of nitrogens with zero attached hydrogens (tertiary/aromatic N) is 2. The fraction of sp³-hybridized carbons (Fsp3) is 0.227. The molecular weight excluding hydrogens is 376 g/mol. The first kappa shape index (κ1) is 19.0. The number of nitrogens with one attached hydrogen (secondary N) is 1. The second-order valence-electron chi connectivity index (χ2n) is 6.95. The standard InChI is InChI=1S/C22H19F2N3O2/c1-12-22(27-20(28)10-13-3-7-17(23)18(24)9-13)26-19-8-4-14-11-15(29-2)5-6-16(14)21(19)25-12/h3,5-7,9,11H,4,8,10H2,1-2H3,(H,26,27,28). The predicted octanol–water partition coefficient (Wildman–Crippen LogP) is 4.02. The zero-order valence-electron chi connectivity index (χ0n) is 16.1. The molecule has 2 aromatic carbocycles. The summed E-state index contributed by atoms with van der Waals surface area (Å²) in [4.78, 5) is 21.6. The quantitative estimate of drug-likeness (QED) is 0.725. The van der Waals surface area contributed by atoms with Crippen molar-refractivity contribution in [3.63, 3.8) is 0 Å². The van der Waals surface area contributed by atoms with Gasteiger partial charge in [-0.05, 0) is 61.2 Å². The molecule has 1 amide bonds. The molecule has 0 saturated carbocycles. The summed E-state index contributed by atoms with van der Waals surface area (Å²) < 4.78 is 31.7. The summed E-state index contributed by atoms with van der Waals surface area (Å²) in [6.45, 7) is 1.78. The number of carbonyl (C=O) groups is 1. The molecule has 7 heteroatoms. The number of ether oxygens (including phenoxy) is 1. The van der Waals surface area contributed by atoms with Crippen molar-refractivity contribution in [2.45, 2.75) is 26.2 Å². The average Bonchev–Trinajstić information content (AvgIpc) is 2.71. The highest BCUT2D eigenvalue weighted by molar-refractivity contribution is 5.92. The number of carbonyl (C=O) groups excluding carboxylic acids is 1. The van der Waals surface area contributed by atoms with Crippen molar-refractivity contribution in [3.8, 4) is 17.0 Å². The van der Waals surface area contributed by atoms with Gasteiger partial charge in [-0.15, -0.1) is 0 Å². The number of hydrogen-bond donors (Lipinski definition) is 1. The Morgan fingerprint density at radius 3 is 2.69 bits per heavy atom. The van der Waals surface area contributed by atoms with Crippen LogP contribution in [0.25, 0.3) is 11.3 Å². The first-order valence-electron chi connectivity index (χ1n) is 9.23. The Morgan fingerprint density at radius 2 is 1.93 bits per heavy atom. The summed E-state index contributed by atoms with van der Waals surface area (Å²) in [5.74, 6) is -1.10. The van der Waals surface area contributed by atoms with Crippen molar-refractivity contribution in [2.75, 3.05) is 12.4 Å². The Bertz CT molecular complexity index is 1120. The zero-order valence-corrected chi connectivity index (χ0v) is 16.1. The van der Waals surface area contributed by atoms with E-state index in [-0.39, 0.29) is 12.3 Å². The topological polar surface area (TPSA) is 64.1 Å². The highest BCUT2D eigenvalue weighted by atomic mass is 19.2. The van der Waals surface area contributed by atoms with Gasteiger partial charge in [-0.2, -0.15) is 0 Å². The van der Waals surface area contributed by atoms with Crippen LogP contribution in [0.3, 0.4) is 0 Å². The van der Waals surface area contributed by atoms with Crippen LogP contribution in [0, 0.1) is 18.6 Å². The van der Waals surface area contributed by atoms with Crippen LogP contribution in [0.15, 0.2) is 36.4 Å². The van der Waals surface area contributed by atoms with Gasteiger partial charge in [0.2, 0.25) is 5.91 Å². The molecule has 1 N–H and O–H groups in total. The molecule has 0 spiro atoms. The third-order valence-electron chi connectivity index (χ3n) is 4.95. The van der Waals surface area contributed by atoms with Crippen LogP contribution in [-0.4, -0.2) is 23.0 Å². The first-order chi connectivity index (χ1) is 13.9. The van der Waals surface area contributed by atoms with Crippen LogP contribution in [0.4, 0.5) is 14.6 Å². The molecule has 0 bridgehead atoms. The third kappa shape index (κ3) is 3.81. The highest BCUT2D eigenvalue weighted by Gasteiger charge is 2.21. The van der Waals surface area contributed by atoms with Crippen LogP contribution in [0.5, 0.6) is 5.75 Å². The van der Waals surface area contributed by atoms with Gasteiger partial charge in [0.25, 0.3) is 0 Å². The van der Waals surface area contributed by atoms with E-state index in [0.717, 1.165) is 46.8 Å². The summed E-state index contributed by atoms with van der Waals surface area (Å²) >= 11 is 0. The SMILES string of the molecule is COc1ccc2c(c1)CCc1nc(NC(=O)Cc3ccc(F)c(F)c3)c(C)nc1-2. The number of methoxy groups -OCH3 is 1. The Kier molecular flexibility index (Phi) is 4.96. The van der Waals surface area contributed by atoms with Crippen molar-refractivity contribution in [2.24, 2.45) is 0 Å². The Labute approximate surface area is 166 Å². The zero-order chi connectivity index (χ0) is 20.5. The van der Waals surface area contributed by atoms with Gasteiger partial charge in [0, 0.05) is 5.56 Å². The minimum Gasteiger partial charge on any atom is -0.497 e. The highest BCUT2D eigenvalue weighted by Crippen LogP contribution is 2.34. The maximum absolute atomic E-state index is 13.3. The number of hydrogen-bond acceptors (Lipinski definition) is 4. The molecule has 1 aliphatic rings. The van der Waals surface area contributed by atoms with Gasteiger partial charge in [0.1, 0.15) is 5.75 Å². The molecule has 1 aliphatic carbocycles. The lowest BCUT2D eigenvalue weighted by Crippen LogP contribution is -2.19. The van der Waals surface area contributed by atoms with Crippen molar-refractivity contribution in [1.29, 1.82) is 0 Å². The van der Waals surface area contributed by atoms with E-state index < -0.39 is 11.6 Å². The monoisotopic (exact) mass is 395 g/mol. The number of rotatable bonds is 4. The van der Waals surface area contributed by atoms with Gasteiger partial charge >= 0.3 is 0 Å². The van der Waals surface area contributed by atoms with Gasteiger partial charge in [-0.3, -0.25) is 4.79 Å². The maximum atomic E-state index is 13.3. The summed E-state index contributed by atoms with van der Waals surface area (Å²) in [5, 5.41) is 2.74. The third-order valence-corrected chi connectivity index (χ3v) is 4.95. The molecule has 0 radical (unpaired) electrons.